The van der Waals surface area contributed by atoms with Crippen LogP contribution in [0.5, 0.6) is 5.75 Å². The van der Waals surface area contributed by atoms with E-state index in [4.69, 9.17) is 16.3 Å². The molecule has 1 aromatic carbocycles. The molecule has 36 heavy (non-hydrogen) atoms. The zero-order valence-electron chi connectivity index (χ0n) is 22.8. The van der Waals surface area contributed by atoms with Crippen molar-refractivity contribution in [2.75, 3.05) is 26.2 Å². The Morgan fingerprint density at radius 2 is 1.61 bits per heavy atom. The Labute approximate surface area is 225 Å². The van der Waals surface area contributed by atoms with Gasteiger partial charge in [-0.05, 0) is 36.6 Å². The average molecular weight is 517 g/mol. The average Bonchev–Trinajstić information content (AvgIpc) is 2.87. The molecule has 0 aromatic heterocycles. The third-order valence-corrected chi connectivity index (χ3v) is 7.03. The Kier molecular flexibility index (Phi) is 16.2. The summed E-state index contributed by atoms with van der Waals surface area (Å²) < 4.78 is 5.90. The first-order valence-electron chi connectivity index (χ1n) is 14.4. The van der Waals surface area contributed by atoms with Gasteiger partial charge in [0, 0.05) is 18.8 Å². The molecule has 1 amide bonds. The lowest BCUT2D eigenvalue weighted by Gasteiger charge is -2.28. The second kappa shape index (κ2) is 19.2. The van der Waals surface area contributed by atoms with Gasteiger partial charge in [-0.1, -0.05) is 114 Å². The summed E-state index contributed by atoms with van der Waals surface area (Å²) in [5, 5.41) is 3.62. The Hall–Kier alpha value is -1.94. The molecule has 0 aliphatic carbocycles. The molecule has 4 nitrogen and oxygen atoms in total. The first-order chi connectivity index (χ1) is 17.6. The van der Waals surface area contributed by atoms with E-state index < -0.39 is 0 Å². The number of hydrogen-bond donors (Lipinski definition) is 1. The number of rotatable bonds is 20. The van der Waals surface area contributed by atoms with E-state index in [9.17, 15) is 4.79 Å². The third-order valence-electron chi connectivity index (χ3n) is 6.73. The number of halogens is 1. The summed E-state index contributed by atoms with van der Waals surface area (Å²) in [5.41, 5.74) is 2.06. The van der Waals surface area contributed by atoms with Crippen LogP contribution in [-0.4, -0.2) is 37.0 Å². The largest absolute Gasteiger partial charge is 0.492 e. The van der Waals surface area contributed by atoms with E-state index in [1.54, 1.807) is 0 Å². The van der Waals surface area contributed by atoms with Crippen LogP contribution in [0, 0.1) is 0 Å². The van der Waals surface area contributed by atoms with Gasteiger partial charge in [0.25, 0.3) is 0 Å². The van der Waals surface area contributed by atoms with Crippen LogP contribution in [0.1, 0.15) is 103 Å². The summed E-state index contributed by atoms with van der Waals surface area (Å²) in [6.45, 7) is 7.60. The van der Waals surface area contributed by atoms with E-state index in [2.05, 4.69) is 42.3 Å². The van der Waals surface area contributed by atoms with Gasteiger partial charge in [0.05, 0.1) is 24.6 Å². The molecule has 5 heteroatoms. The van der Waals surface area contributed by atoms with Crippen LogP contribution in [0.3, 0.4) is 0 Å². The van der Waals surface area contributed by atoms with Crippen molar-refractivity contribution >= 4 is 17.5 Å². The van der Waals surface area contributed by atoms with Gasteiger partial charge in [-0.25, -0.2) is 0 Å². The lowest BCUT2D eigenvalue weighted by Crippen LogP contribution is -2.35. The molecule has 1 aromatic rings. The predicted molar refractivity (Wildman–Crippen MR) is 154 cm³/mol. The van der Waals surface area contributed by atoms with Gasteiger partial charge in [-0.2, -0.15) is 0 Å². The molecule has 1 aliphatic heterocycles. The van der Waals surface area contributed by atoms with E-state index in [-0.39, 0.29) is 5.91 Å². The molecular weight excluding hydrogens is 468 g/mol. The fourth-order valence-corrected chi connectivity index (χ4v) is 4.86. The van der Waals surface area contributed by atoms with Gasteiger partial charge in [-0.15, -0.1) is 0 Å². The number of allylic oxidation sites excluding steroid dienone is 2. The minimum atomic E-state index is 0.00290. The number of hydrogen-bond acceptors (Lipinski definition) is 3. The fourth-order valence-electron chi connectivity index (χ4n) is 4.60. The molecule has 2 rings (SSSR count). The van der Waals surface area contributed by atoms with Crippen LogP contribution in [0.15, 0.2) is 42.1 Å². The monoisotopic (exact) mass is 516 g/mol. The Morgan fingerprint density at radius 3 is 2.25 bits per heavy atom. The van der Waals surface area contributed by atoms with Crippen LogP contribution in [0.2, 0.25) is 5.02 Å². The number of nitrogens with zero attached hydrogens (tertiary/aromatic N) is 1. The van der Waals surface area contributed by atoms with Crippen LogP contribution in [-0.2, 0) is 11.2 Å². The molecule has 0 unspecified atom stereocenters. The topological polar surface area (TPSA) is 41.6 Å². The fraction of sp³-hybridized carbons (Fsp3) is 0.645. The third kappa shape index (κ3) is 12.9. The quantitative estimate of drug-likeness (QED) is 0.177. The summed E-state index contributed by atoms with van der Waals surface area (Å²) in [7, 11) is 0. The number of amides is 1. The summed E-state index contributed by atoms with van der Waals surface area (Å²) >= 11 is 6.44. The highest BCUT2D eigenvalue weighted by Crippen LogP contribution is 2.26. The van der Waals surface area contributed by atoms with Crippen molar-refractivity contribution < 1.29 is 9.53 Å². The maximum absolute atomic E-state index is 12.5. The predicted octanol–water partition coefficient (Wildman–Crippen LogP) is 8.24. The number of ether oxygens (including phenoxy) is 1. The van der Waals surface area contributed by atoms with E-state index in [1.807, 2.05) is 18.2 Å². The molecule has 202 valence electrons. The van der Waals surface area contributed by atoms with Gasteiger partial charge < -0.3 is 15.0 Å². The first kappa shape index (κ1) is 30.3. The van der Waals surface area contributed by atoms with Crippen LogP contribution in [0.4, 0.5) is 0 Å². The molecule has 0 fully saturated rings. The number of unbranched alkanes of at least 4 members (excludes halogenated alkanes) is 11. The molecule has 1 heterocycles. The van der Waals surface area contributed by atoms with Crippen LogP contribution < -0.4 is 10.1 Å². The molecule has 0 atom stereocenters. The highest BCUT2D eigenvalue weighted by Gasteiger charge is 2.12. The first-order valence-corrected chi connectivity index (χ1v) is 14.8. The summed E-state index contributed by atoms with van der Waals surface area (Å²) in [4.78, 5) is 14.8. The van der Waals surface area contributed by atoms with Crippen molar-refractivity contribution in [3.8, 4) is 5.75 Å². The van der Waals surface area contributed by atoms with Crippen molar-refractivity contribution in [2.45, 2.75) is 104 Å². The zero-order chi connectivity index (χ0) is 25.8. The molecule has 0 radical (unpaired) electrons. The number of benzene rings is 1. The van der Waals surface area contributed by atoms with Gasteiger partial charge in [0.1, 0.15) is 5.75 Å². The zero-order valence-corrected chi connectivity index (χ0v) is 23.6. The Bertz CT molecular complexity index is 806. The minimum Gasteiger partial charge on any atom is -0.492 e. The number of carbonyl (C=O) groups excluding carboxylic acids is 1. The van der Waals surface area contributed by atoms with E-state index in [0.29, 0.717) is 30.3 Å². The molecule has 0 saturated carbocycles. The minimum absolute atomic E-state index is 0.00290. The molecule has 1 N–H and O–H groups in total. The number of carbonyl (C=O) groups is 1. The summed E-state index contributed by atoms with van der Waals surface area (Å²) in [6.07, 6.45) is 23.7. The normalized spacial score (nSPS) is 13.1. The summed E-state index contributed by atoms with van der Waals surface area (Å²) in [5.74, 6) is 0.710. The highest BCUT2D eigenvalue weighted by molar-refractivity contribution is 6.32. The van der Waals surface area contributed by atoms with Crippen molar-refractivity contribution in [1.29, 1.82) is 0 Å². The maximum Gasteiger partial charge on any atom is 0.224 e. The maximum atomic E-state index is 12.5. The number of nitrogens with one attached hydrogen (secondary N) is 1. The van der Waals surface area contributed by atoms with Gasteiger partial charge in [0.15, 0.2) is 0 Å². The summed E-state index contributed by atoms with van der Waals surface area (Å²) in [6, 6.07) is 5.68. The molecular formula is C31H49ClN2O2. The van der Waals surface area contributed by atoms with E-state index in [1.165, 1.54) is 70.6 Å². The van der Waals surface area contributed by atoms with Crippen molar-refractivity contribution in [3.05, 3.63) is 52.7 Å². The second-order valence-electron chi connectivity index (χ2n) is 9.99. The van der Waals surface area contributed by atoms with Crippen molar-refractivity contribution in [2.24, 2.45) is 0 Å². The molecule has 1 aliphatic rings. The van der Waals surface area contributed by atoms with Gasteiger partial charge in [-0.3, -0.25) is 4.79 Å². The van der Waals surface area contributed by atoms with Crippen LogP contribution >= 0.6 is 11.6 Å². The van der Waals surface area contributed by atoms with Gasteiger partial charge >= 0.3 is 0 Å². The van der Waals surface area contributed by atoms with E-state index in [0.717, 1.165) is 37.2 Å². The van der Waals surface area contributed by atoms with Crippen LogP contribution in [0.25, 0.3) is 0 Å². The lowest BCUT2D eigenvalue weighted by atomic mass is 10.1. The molecule has 0 bridgehead atoms. The lowest BCUT2D eigenvalue weighted by molar-refractivity contribution is -0.120. The smallest absolute Gasteiger partial charge is 0.224 e. The SMILES string of the molecule is CCCCCCCCCCCCCCOc1ccc(CC(=O)NCC2=CC=CCN2CCC)cc1Cl. The van der Waals surface area contributed by atoms with E-state index >= 15 is 0 Å². The van der Waals surface area contributed by atoms with Crippen molar-refractivity contribution in [1.82, 2.24) is 10.2 Å². The highest BCUT2D eigenvalue weighted by atomic mass is 35.5. The van der Waals surface area contributed by atoms with Crippen molar-refractivity contribution in [3.63, 3.8) is 0 Å². The molecule has 0 spiro atoms. The molecule has 0 saturated heterocycles. The Balaban J connectivity index is 1.56. The second-order valence-corrected chi connectivity index (χ2v) is 10.4. The Morgan fingerprint density at radius 1 is 0.944 bits per heavy atom. The van der Waals surface area contributed by atoms with Gasteiger partial charge in [0.2, 0.25) is 5.91 Å². The standard InChI is InChI=1S/C31H49ClN2O2/c1-3-5-6-7-8-9-10-11-12-13-14-17-23-36-30-20-19-27(24-29(30)32)25-31(35)33-26-28-18-15-16-22-34(28)21-4-2/h15-16,18-20,24H,3-14,17,21-23,25-26H2,1-2H3,(H,33,35).